The van der Waals surface area contributed by atoms with Crippen LogP contribution >= 0.6 is 0 Å². The lowest BCUT2D eigenvalue weighted by Gasteiger charge is -2.04. The van der Waals surface area contributed by atoms with E-state index in [9.17, 15) is 18.0 Å². The topological polar surface area (TPSA) is 68.3 Å². The first-order valence-corrected chi connectivity index (χ1v) is 7.78. The molecule has 108 valence electrons. The summed E-state index contributed by atoms with van der Waals surface area (Å²) in [6.07, 6.45) is 0. The Morgan fingerprint density at radius 2 is 1.14 bits per heavy atom. The van der Waals surface area contributed by atoms with Crippen LogP contribution in [0.3, 0.4) is 0 Å². The lowest BCUT2D eigenvalue weighted by molar-refractivity contribution is 0.104. The molecule has 2 aromatic carbocycles. The first-order chi connectivity index (χ1) is 9.82. The van der Waals surface area contributed by atoms with Crippen molar-refractivity contribution in [1.29, 1.82) is 0 Å². The summed E-state index contributed by atoms with van der Waals surface area (Å²) in [5.74, 6) is 0. The zero-order valence-corrected chi connectivity index (χ0v) is 12.5. The summed E-state index contributed by atoms with van der Waals surface area (Å²) >= 11 is 0. The standard InChI is InChI=1S/C16H14O4S/c1-11-5-3-7-13(9-11)15(17)21(19,20)16(18)14-8-4-6-12(2)10-14/h3-10H,1-2H3. The minimum absolute atomic E-state index is 0.00370. The highest BCUT2D eigenvalue weighted by atomic mass is 32.2. The van der Waals surface area contributed by atoms with Gasteiger partial charge in [0.2, 0.25) is 0 Å². The molecule has 0 spiro atoms. The average molecular weight is 302 g/mol. The van der Waals surface area contributed by atoms with E-state index >= 15 is 0 Å². The number of carbonyl (C=O) groups is 2. The number of carbonyl (C=O) groups excluding carboxylic acids is 2. The molecular formula is C16H14O4S. The maximum absolute atomic E-state index is 12.2. The van der Waals surface area contributed by atoms with Crippen LogP contribution in [0.4, 0.5) is 0 Å². The van der Waals surface area contributed by atoms with Crippen LogP contribution in [0.2, 0.25) is 0 Å². The van der Waals surface area contributed by atoms with Gasteiger partial charge in [-0.25, -0.2) is 8.42 Å². The highest BCUT2D eigenvalue weighted by Gasteiger charge is 2.33. The first-order valence-electron chi connectivity index (χ1n) is 6.29. The van der Waals surface area contributed by atoms with E-state index in [1.807, 2.05) is 0 Å². The van der Waals surface area contributed by atoms with Crippen LogP contribution in [0.15, 0.2) is 48.5 Å². The van der Waals surface area contributed by atoms with Crippen LogP contribution in [0.1, 0.15) is 31.8 Å². The Morgan fingerprint density at radius 3 is 1.48 bits per heavy atom. The van der Waals surface area contributed by atoms with Gasteiger partial charge in [0, 0.05) is 11.1 Å². The molecule has 0 amide bonds. The Kier molecular flexibility index (Phi) is 4.04. The number of aryl methyl sites for hydroxylation is 2. The van der Waals surface area contributed by atoms with Gasteiger partial charge in [0.05, 0.1) is 0 Å². The molecule has 21 heavy (non-hydrogen) atoms. The van der Waals surface area contributed by atoms with Gasteiger partial charge in [-0.2, -0.15) is 0 Å². The predicted octanol–water partition coefficient (Wildman–Crippen LogP) is 2.70. The van der Waals surface area contributed by atoms with Crippen LogP contribution < -0.4 is 0 Å². The zero-order valence-electron chi connectivity index (χ0n) is 11.7. The fourth-order valence-electron chi connectivity index (χ4n) is 1.94. The molecule has 0 fully saturated rings. The molecule has 0 aliphatic carbocycles. The fourth-order valence-corrected chi connectivity index (χ4v) is 2.98. The molecule has 0 N–H and O–H groups in total. The minimum Gasteiger partial charge on any atom is -0.275 e. The molecule has 2 rings (SSSR count). The van der Waals surface area contributed by atoms with Crippen molar-refractivity contribution in [3.8, 4) is 0 Å². The van der Waals surface area contributed by atoms with E-state index in [2.05, 4.69) is 0 Å². The summed E-state index contributed by atoms with van der Waals surface area (Å²) in [4.78, 5) is 24.2. The Hall–Kier alpha value is -2.27. The molecule has 4 nitrogen and oxygen atoms in total. The first kappa shape index (κ1) is 15.1. The normalized spacial score (nSPS) is 11.1. The summed E-state index contributed by atoms with van der Waals surface area (Å²) < 4.78 is 24.3. The Morgan fingerprint density at radius 1 is 0.762 bits per heavy atom. The Balaban J connectivity index is 2.42. The van der Waals surface area contributed by atoms with E-state index in [0.717, 1.165) is 11.1 Å². The van der Waals surface area contributed by atoms with Crippen molar-refractivity contribution >= 4 is 20.1 Å². The van der Waals surface area contributed by atoms with Crippen molar-refractivity contribution in [1.82, 2.24) is 0 Å². The summed E-state index contributed by atoms with van der Waals surface area (Å²) in [5, 5.41) is -2.34. The molecule has 0 aliphatic heterocycles. The quantitative estimate of drug-likeness (QED) is 0.855. The molecule has 0 unspecified atom stereocenters. The maximum Gasteiger partial charge on any atom is 0.284 e. The number of sulfone groups is 1. The van der Waals surface area contributed by atoms with E-state index in [1.165, 1.54) is 24.3 Å². The van der Waals surface area contributed by atoms with Gasteiger partial charge >= 0.3 is 0 Å². The molecule has 0 aromatic heterocycles. The smallest absolute Gasteiger partial charge is 0.275 e. The molecule has 0 atom stereocenters. The molecule has 5 heteroatoms. The number of hydrogen-bond acceptors (Lipinski definition) is 4. The maximum atomic E-state index is 12.2. The van der Waals surface area contributed by atoms with Gasteiger partial charge in [0.15, 0.2) is 0 Å². The van der Waals surface area contributed by atoms with Gasteiger partial charge in [-0.3, -0.25) is 9.59 Å². The third-order valence-corrected chi connectivity index (χ3v) is 4.44. The van der Waals surface area contributed by atoms with Crippen LogP contribution in [0, 0.1) is 13.8 Å². The second-order valence-electron chi connectivity index (χ2n) is 4.82. The molecular weight excluding hydrogens is 288 g/mol. The van der Waals surface area contributed by atoms with Gasteiger partial charge in [-0.15, -0.1) is 0 Å². The van der Waals surface area contributed by atoms with Gasteiger partial charge in [-0.05, 0) is 26.0 Å². The summed E-state index contributed by atoms with van der Waals surface area (Å²) in [6.45, 7) is 3.48. The van der Waals surface area contributed by atoms with E-state index in [-0.39, 0.29) is 11.1 Å². The van der Waals surface area contributed by atoms with E-state index < -0.39 is 20.1 Å². The van der Waals surface area contributed by atoms with E-state index in [0.29, 0.717) is 0 Å². The monoisotopic (exact) mass is 302 g/mol. The number of hydrogen-bond donors (Lipinski definition) is 0. The second kappa shape index (κ2) is 5.61. The number of benzene rings is 2. The van der Waals surface area contributed by atoms with Gasteiger partial charge in [-0.1, -0.05) is 47.5 Å². The van der Waals surface area contributed by atoms with Crippen LogP contribution in [-0.4, -0.2) is 18.6 Å². The van der Waals surface area contributed by atoms with Crippen molar-refractivity contribution in [3.05, 3.63) is 70.8 Å². The molecule has 0 saturated heterocycles. The van der Waals surface area contributed by atoms with Crippen LogP contribution in [-0.2, 0) is 9.84 Å². The van der Waals surface area contributed by atoms with E-state index in [1.54, 1.807) is 38.1 Å². The Bertz CT molecular complexity index is 756. The summed E-state index contributed by atoms with van der Waals surface area (Å²) in [5.41, 5.74) is 1.49. The SMILES string of the molecule is Cc1cccc(C(=O)S(=O)(=O)C(=O)c2cccc(C)c2)c1. The number of rotatable bonds is 2. The second-order valence-corrected chi connectivity index (χ2v) is 6.57. The third-order valence-electron chi connectivity index (χ3n) is 3.00. The van der Waals surface area contributed by atoms with Crippen molar-refractivity contribution in [2.45, 2.75) is 13.8 Å². The van der Waals surface area contributed by atoms with Crippen molar-refractivity contribution < 1.29 is 18.0 Å². The molecule has 2 aromatic rings. The minimum atomic E-state index is -4.56. The van der Waals surface area contributed by atoms with Crippen LogP contribution in [0.5, 0.6) is 0 Å². The van der Waals surface area contributed by atoms with Gasteiger partial charge < -0.3 is 0 Å². The summed E-state index contributed by atoms with van der Waals surface area (Å²) in [6, 6.07) is 12.3. The lowest BCUT2D eigenvalue weighted by Crippen LogP contribution is -2.24. The van der Waals surface area contributed by atoms with Crippen molar-refractivity contribution in [2.75, 3.05) is 0 Å². The lowest BCUT2D eigenvalue weighted by atomic mass is 10.1. The molecule has 0 aliphatic rings. The van der Waals surface area contributed by atoms with Gasteiger partial charge in [0.1, 0.15) is 0 Å². The third kappa shape index (κ3) is 3.08. The van der Waals surface area contributed by atoms with E-state index in [4.69, 9.17) is 0 Å². The molecule has 0 bridgehead atoms. The largest absolute Gasteiger partial charge is 0.284 e. The average Bonchev–Trinajstić information content (AvgIpc) is 2.45. The highest BCUT2D eigenvalue weighted by molar-refractivity contribution is 8.19. The molecule has 0 radical (unpaired) electrons. The van der Waals surface area contributed by atoms with Crippen LogP contribution in [0.25, 0.3) is 0 Å². The van der Waals surface area contributed by atoms with Gasteiger partial charge in [0.25, 0.3) is 20.1 Å². The fraction of sp³-hybridized carbons (Fsp3) is 0.125. The highest BCUT2D eigenvalue weighted by Crippen LogP contribution is 2.15. The molecule has 0 saturated carbocycles. The predicted molar refractivity (Wildman–Crippen MR) is 79.9 cm³/mol. The zero-order chi connectivity index (χ0) is 15.6. The molecule has 0 heterocycles. The Labute approximate surface area is 123 Å². The van der Waals surface area contributed by atoms with Crippen molar-refractivity contribution in [2.24, 2.45) is 0 Å². The van der Waals surface area contributed by atoms with Crippen molar-refractivity contribution in [3.63, 3.8) is 0 Å². The summed E-state index contributed by atoms with van der Waals surface area (Å²) in [7, 11) is -4.56.